The lowest BCUT2D eigenvalue weighted by Gasteiger charge is -2.18. The molecule has 0 aliphatic carbocycles. The van der Waals surface area contributed by atoms with E-state index in [2.05, 4.69) is 16.9 Å². The summed E-state index contributed by atoms with van der Waals surface area (Å²) < 4.78 is 25.5. The summed E-state index contributed by atoms with van der Waals surface area (Å²) in [5, 5.41) is 1.03. The number of thiophene rings is 1. The van der Waals surface area contributed by atoms with E-state index in [1.807, 2.05) is 11.8 Å². The smallest absolute Gasteiger partial charge is 0.243 e. The molecular formula is C13H15F2N3S. The summed E-state index contributed by atoms with van der Waals surface area (Å²) in [6.07, 6.45) is -0.179. The van der Waals surface area contributed by atoms with Gasteiger partial charge in [0.15, 0.2) is 0 Å². The van der Waals surface area contributed by atoms with E-state index in [1.54, 1.807) is 11.3 Å². The highest BCUT2D eigenvalue weighted by atomic mass is 32.1. The van der Waals surface area contributed by atoms with Crippen LogP contribution in [-0.2, 0) is 0 Å². The molecular weight excluding hydrogens is 268 g/mol. The van der Waals surface area contributed by atoms with Crippen LogP contribution in [0.25, 0.3) is 10.2 Å². The fourth-order valence-corrected chi connectivity index (χ4v) is 3.58. The van der Waals surface area contributed by atoms with Gasteiger partial charge in [0.05, 0.1) is 5.39 Å². The molecule has 0 radical (unpaired) electrons. The van der Waals surface area contributed by atoms with Crippen LogP contribution >= 0.6 is 11.3 Å². The minimum absolute atomic E-state index is 0.387. The van der Waals surface area contributed by atoms with E-state index in [1.165, 1.54) is 11.2 Å². The highest BCUT2D eigenvalue weighted by molar-refractivity contribution is 7.18. The van der Waals surface area contributed by atoms with E-state index in [-0.39, 0.29) is 0 Å². The molecule has 1 saturated heterocycles. The molecule has 1 aliphatic heterocycles. The van der Waals surface area contributed by atoms with Crippen molar-refractivity contribution in [2.75, 3.05) is 18.0 Å². The van der Waals surface area contributed by atoms with Crippen LogP contribution in [0.3, 0.4) is 0 Å². The monoisotopic (exact) mass is 283 g/mol. The van der Waals surface area contributed by atoms with Crippen LogP contribution in [0.4, 0.5) is 14.6 Å². The Hall–Kier alpha value is -1.30. The van der Waals surface area contributed by atoms with Crippen molar-refractivity contribution in [3.8, 4) is 0 Å². The van der Waals surface area contributed by atoms with Crippen LogP contribution in [0.15, 0.2) is 6.33 Å². The largest absolute Gasteiger partial charge is 0.355 e. The number of aryl methyl sites for hydroxylation is 2. The lowest BCUT2D eigenvalue weighted by molar-refractivity contribution is 0.0880. The van der Waals surface area contributed by atoms with Crippen molar-refractivity contribution in [2.45, 2.75) is 26.7 Å². The highest BCUT2D eigenvalue weighted by Crippen LogP contribution is 2.36. The summed E-state index contributed by atoms with van der Waals surface area (Å²) in [5.41, 5.74) is 1.16. The molecule has 2 aromatic rings. The zero-order valence-electron chi connectivity index (χ0n) is 10.9. The van der Waals surface area contributed by atoms with E-state index in [9.17, 15) is 8.78 Å². The van der Waals surface area contributed by atoms with Gasteiger partial charge in [-0.15, -0.1) is 11.3 Å². The van der Waals surface area contributed by atoms with Crippen molar-refractivity contribution in [1.82, 2.24) is 9.97 Å². The predicted octanol–water partition coefficient (Wildman–Crippen LogP) is 3.40. The van der Waals surface area contributed by atoms with Gasteiger partial charge in [0.25, 0.3) is 0 Å². The summed E-state index contributed by atoms with van der Waals surface area (Å²) in [6.45, 7) is 5.13. The molecule has 19 heavy (non-hydrogen) atoms. The number of hydrogen-bond donors (Lipinski definition) is 0. The molecule has 1 unspecified atom stereocenters. The highest BCUT2D eigenvalue weighted by Gasteiger charge is 2.31. The second kappa shape index (κ2) is 4.67. The number of hydrogen-bond acceptors (Lipinski definition) is 4. The Labute approximate surface area is 114 Å². The van der Waals surface area contributed by atoms with Gasteiger partial charge < -0.3 is 4.90 Å². The Morgan fingerprint density at radius 1 is 1.37 bits per heavy atom. The molecule has 2 aromatic heterocycles. The Morgan fingerprint density at radius 3 is 2.84 bits per heavy atom. The Balaban J connectivity index is 2.02. The van der Waals surface area contributed by atoms with E-state index < -0.39 is 12.3 Å². The summed E-state index contributed by atoms with van der Waals surface area (Å²) in [5.74, 6) is 0.278. The first-order valence-corrected chi connectivity index (χ1v) is 7.13. The predicted molar refractivity (Wildman–Crippen MR) is 73.2 cm³/mol. The Morgan fingerprint density at radius 2 is 2.16 bits per heavy atom. The second-order valence-corrected chi connectivity index (χ2v) is 6.19. The van der Waals surface area contributed by atoms with Crippen LogP contribution < -0.4 is 4.90 Å². The molecule has 3 rings (SSSR count). The molecule has 1 aliphatic rings. The molecule has 0 aromatic carbocycles. The first-order valence-electron chi connectivity index (χ1n) is 6.31. The van der Waals surface area contributed by atoms with Crippen molar-refractivity contribution in [2.24, 2.45) is 5.92 Å². The van der Waals surface area contributed by atoms with Crippen LogP contribution in [0.2, 0.25) is 0 Å². The van der Waals surface area contributed by atoms with E-state index in [0.29, 0.717) is 19.5 Å². The lowest BCUT2D eigenvalue weighted by atomic mass is 10.1. The zero-order valence-corrected chi connectivity index (χ0v) is 11.7. The third-order valence-electron chi connectivity index (χ3n) is 3.83. The topological polar surface area (TPSA) is 29.0 Å². The first kappa shape index (κ1) is 12.7. The molecule has 1 fully saturated rings. The average Bonchev–Trinajstić information content (AvgIpc) is 2.96. The minimum Gasteiger partial charge on any atom is -0.355 e. The molecule has 102 valence electrons. The SMILES string of the molecule is Cc1sc2ncnc(N3CCC(C(F)F)C3)c2c1C. The van der Waals surface area contributed by atoms with Gasteiger partial charge >= 0.3 is 0 Å². The molecule has 3 nitrogen and oxygen atoms in total. The number of anilines is 1. The number of alkyl halides is 2. The van der Waals surface area contributed by atoms with Crippen molar-refractivity contribution < 1.29 is 8.78 Å². The quantitative estimate of drug-likeness (QED) is 0.846. The number of nitrogens with zero attached hydrogens (tertiary/aromatic N) is 3. The number of halogens is 2. The van der Waals surface area contributed by atoms with Crippen molar-refractivity contribution in [1.29, 1.82) is 0 Å². The zero-order chi connectivity index (χ0) is 13.6. The normalized spacial score (nSPS) is 19.8. The lowest BCUT2D eigenvalue weighted by Crippen LogP contribution is -2.23. The van der Waals surface area contributed by atoms with Gasteiger partial charge in [0, 0.05) is 23.9 Å². The Bertz CT molecular complexity index is 611. The maximum Gasteiger partial charge on any atom is 0.243 e. The molecule has 3 heterocycles. The molecule has 0 N–H and O–H groups in total. The minimum atomic E-state index is -2.24. The molecule has 0 saturated carbocycles. The number of rotatable bonds is 2. The molecule has 6 heteroatoms. The number of fused-ring (bicyclic) bond motifs is 1. The van der Waals surface area contributed by atoms with Gasteiger partial charge in [0.2, 0.25) is 6.43 Å². The Kier molecular flexibility index (Phi) is 3.12. The van der Waals surface area contributed by atoms with Crippen molar-refractivity contribution in [3.63, 3.8) is 0 Å². The maximum atomic E-state index is 12.8. The summed E-state index contributed by atoms with van der Waals surface area (Å²) >= 11 is 1.63. The maximum absolute atomic E-state index is 12.8. The fourth-order valence-electron chi connectivity index (χ4n) is 2.59. The summed E-state index contributed by atoms with van der Waals surface area (Å²) in [7, 11) is 0. The van der Waals surface area contributed by atoms with E-state index in [4.69, 9.17) is 0 Å². The van der Waals surface area contributed by atoms with Crippen molar-refractivity contribution in [3.05, 3.63) is 16.8 Å². The molecule has 0 amide bonds. The van der Waals surface area contributed by atoms with Crippen LogP contribution in [-0.4, -0.2) is 29.5 Å². The molecule has 1 atom stereocenters. The first-order chi connectivity index (χ1) is 9.08. The van der Waals surface area contributed by atoms with Crippen LogP contribution in [0.1, 0.15) is 16.9 Å². The average molecular weight is 283 g/mol. The van der Waals surface area contributed by atoms with E-state index >= 15 is 0 Å². The third-order valence-corrected chi connectivity index (χ3v) is 4.94. The van der Waals surface area contributed by atoms with E-state index in [0.717, 1.165) is 21.6 Å². The molecule has 0 spiro atoms. The third kappa shape index (κ3) is 2.08. The van der Waals surface area contributed by atoms with Gasteiger partial charge in [-0.3, -0.25) is 0 Å². The van der Waals surface area contributed by atoms with Gasteiger partial charge in [0.1, 0.15) is 17.0 Å². The standard InChI is InChI=1S/C13H15F2N3S/c1-7-8(2)19-13-10(7)12(16-6-17-13)18-4-3-9(5-18)11(14)15/h6,9,11H,3-5H2,1-2H3. The van der Waals surface area contributed by atoms with Crippen LogP contribution in [0.5, 0.6) is 0 Å². The summed E-state index contributed by atoms with van der Waals surface area (Å²) in [4.78, 5) is 12.7. The van der Waals surface area contributed by atoms with Gasteiger partial charge in [-0.1, -0.05) is 0 Å². The van der Waals surface area contributed by atoms with Gasteiger partial charge in [-0.05, 0) is 25.8 Å². The van der Waals surface area contributed by atoms with Gasteiger partial charge in [-0.2, -0.15) is 0 Å². The van der Waals surface area contributed by atoms with Crippen molar-refractivity contribution >= 4 is 27.4 Å². The summed E-state index contributed by atoms with van der Waals surface area (Å²) in [6, 6.07) is 0. The van der Waals surface area contributed by atoms with Gasteiger partial charge in [-0.25, -0.2) is 18.7 Å². The fraction of sp³-hybridized carbons (Fsp3) is 0.538. The number of aromatic nitrogens is 2. The second-order valence-electron chi connectivity index (χ2n) is 4.99. The van der Waals surface area contributed by atoms with Crippen LogP contribution in [0, 0.1) is 19.8 Å². The molecule has 0 bridgehead atoms.